The van der Waals surface area contributed by atoms with E-state index < -0.39 is 16.4 Å². The van der Waals surface area contributed by atoms with Crippen molar-refractivity contribution in [2.75, 3.05) is 11.1 Å². The van der Waals surface area contributed by atoms with Crippen LogP contribution in [0, 0.1) is 15.9 Å². The van der Waals surface area contributed by atoms with E-state index in [0.717, 1.165) is 12.4 Å². The Balaban J connectivity index is 2.46. The Bertz CT molecular complexity index is 652. The van der Waals surface area contributed by atoms with E-state index in [-0.39, 0.29) is 22.3 Å². The summed E-state index contributed by atoms with van der Waals surface area (Å²) in [6.07, 6.45) is 1.03. The first-order valence-corrected chi connectivity index (χ1v) is 5.34. The molecule has 0 amide bonds. The zero-order valence-electron chi connectivity index (χ0n) is 9.30. The van der Waals surface area contributed by atoms with E-state index in [9.17, 15) is 14.5 Å². The lowest BCUT2D eigenvalue weighted by atomic mass is 10.3. The van der Waals surface area contributed by atoms with Gasteiger partial charge in [0.1, 0.15) is 12.1 Å². The van der Waals surface area contributed by atoms with Gasteiger partial charge in [-0.2, -0.15) is 0 Å². The second-order valence-corrected chi connectivity index (χ2v) is 3.90. The Morgan fingerprint density at radius 2 is 2.16 bits per heavy atom. The first-order chi connectivity index (χ1) is 8.99. The second kappa shape index (κ2) is 5.02. The molecule has 0 radical (unpaired) electrons. The molecular formula is C10H7ClFN5O2. The van der Waals surface area contributed by atoms with Gasteiger partial charge in [0.05, 0.1) is 10.6 Å². The van der Waals surface area contributed by atoms with Gasteiger partial charge >= 0.3 is 5.69 Å². The van der Waals surface area contributed by atoms with Gasteiger partial charge in [0.2, 0.25) is 11.6 Å². The van der Waals surface area contributed by atoms with Crippen LogP contribution in [0.1, 0.15) is 0 Å². The summed E-state index contributed by atoms with van der Waals surface area (Å²) < 4.78 is 13.5. The van der Waals surface area contributed by atoms with Crippen molar-refractivity contribution in [1.29, 1.82) is 0 Å². The van der Waals surface area contributed by atoms with Gasteiger partial charge in [-0.05, 0) is 18.2 Å². The van der Waals surface area contributed by atoms with Crippen LogP contribution in [0.4, 0.5) is 27.4 Å². The van der Waals surface area contributed by atoms with E-state index in [4.69, 9.17) is 17.3 Å². The monoisotopic (exact) mass is 283 g/mol. The molecule has 9 heteroatoms. The van der Waals surface area contributed by atoms with E-state index in [1.807, 2.05) is 0 Å². The molecule has 0 saturated carbocycles. The number of rotatable bonds is 3. The first kappa shape index (κ1) is 13.0. The molecule has 0 aliphatic carbocycles. The molecular weight excluding hydrogens is 277 g/mol. The van der Waals surface area contributed by atoms with Crippen molar-refractivity contribution in [3.63, 3.8) is 0 Å². The van der Waals surface area contributed by atoms with Crippen LogP contribution >= 0.6 is 11.6 Å². The Kier molecular flexibility index (Phi) is 3.43. The molecule has 3 N–H and O–H groups in total. The van der Waals surface area contributed by atoms with Crippen molar-refractivity contribution in [3.05, 3.63) is 45.5 Å². The zero-order valence-corrected chi connectivity index (χ0v) is 10.1. The van der Waals surface area contributed by atoms with Gasteiger partial charge in [-0.25, -0.2) is 14.4 Å². The Hall–Kier alpha value is -2.48. The molecule has 1 aromatic heterocycles. The van der Waals surface area contributed by atoms with Crippen LogP contribution in [0.3, 0.4) is 0 Å². The second-order valence-electron chi connectivity index (χ2n) is 3.46. The minimum Gasteiger partial charge on any atom is -0.378 e. The lowest BCUT2D eigenvalue weighted by molar-refractivity contribution is -0.383. The van der Waals surface area contributed by atoms with Crippen molar-refractivity contribution in [2.24, 2.45) is 0 Å². The number of halogens is 2. The van der Waals surface area contributed by atoms with Crippen LogP contribution in [0.15, 0.2) is 24.5 Å². The highest BCUT2D eigenvalue weighted by Crippen LogP contribution is 2.30. The highest BCUT2D eigenvalue weighted by molar-refractivity contribution is 6.30. The summed E-state index contributed by atoms with van der Waals surface area (Å²) in [6.45, 7) is 0. The number of nitro groups is 1. The predicted molar refractivity (Wildman–Crippen MR) is 67.8 cm³/mol. The number of benzene rings is 1. The minimum atomic E-state index is -0.750. The molecule has 0 saturated heterocycles. The number of nitrogens with zero attached hydrogens (tertiary/aromatic N) is 3. The Morgan fingerprint density at radius 3 is 2.84 bits per heavy atom. The number of anilines is 3. The van der Waals surface area contributed by atoms with E-state index in [1.165, 1.54) is 12.1 Å². The average Bonchev–Trinajstić information content (AvgIpc) is 2.33. The fourth-order valence-corrected chi connectivity index (χ4v) is 1.56. The maximum Gasteiger partial charge on any atom is 0.353 e. The lowest BCUT2D eigenvalue weighted by Gasteiger charge is -2.08. The fourth-order valence-electron chi connectivity index (χ4n) is 1.38. The van der Waals surface area contributed by atoms with E-state index in [0.29, 0.717) is 0 Å². The van der Waals surface area contributed by atoms with Crippen LogP contribution in [-0.2, 0) is 0 Å². The van der Waals surface area contributed by atoms with Crippen LogP contribution < -0.4 is 11.1 Å². The summed E-state index contributed by atoms with van der Waals surface area (Å²) in [6, 6.07) is 3.75. The molecule has 0 aliphatic rings. The molecule has 0 atom stereocenters. The molecule has 19 heavy (non-hydrogen) atoms. The highest BCUT2D eigenvalue weighted by atomic mass is 35.5. The molecule has 0 spiro atoms. The van der Waals surface area contributed by atoms with Gasteiger partial charge in [0.15, 0.2) is 0 Å². The van der Waals surface area contributed by atoms with Gasteiger partial charge in [-0.15, -0.1) is 0 Å². The molecule has 98 valence electrons. The Morgan fingerprint density at radius 1 is 1.42 bits per heavy atom. The third-order valence-electron chi connectivity index (χ3n) is 2.21. The predicted octanol–water partition coefficient (Wildman–Crippen LogP) is 2.50. The van der Waals surface area contributed by atoms with Gasteiger partial charge in [0, 0.05) is 5.02 Å². The van der Waals surface area contributed by atoms with E-state index in [2.05, 4.69) is 15.3 Å². The normalized spacial score (nSPS) is 10.2. The van der Waals surface area contributed by atoms with Gasteiger partial charge < -0.3 is 11.1 Å². The number of aromatic nitrogens is 2. The van der Waals surface area contributed by atoms with Crippen LogP contribution in [0.25, 0.3) is 0 Å². The average molecular weight is 284 g/mol. The SMILES string of the molecule is Nc1ncnc(Nc2cc(Cl)ccc2F)c1[N+](=O)[O-]. The maximum atomic E-state index is 13.5. The van der Waals surface area contributed by atoms with Crippen molar-refractivity contribution < 1.29 is 9.31 Å². The number of nitrogens with two attached hydrogens (primary N) is 1. The topological polar surface area (TPSA) is 107 Å². The minimum absolute atomic E-state index is 0.0475. The molecule has 0 unspecified atom stereocenters. The molecule has 1 heterocycles. The van der Waals surface area contributed by atoms with Crippen LogP contribution in [-0.4, -0.2) is 14.9 Å². The van der Waals surface area contributed by atoms with Gasteiger partial charge in [0.25, 0.3) is 0 Å². The summed E-state index contributed by atoms with van der Waals surface area (Å²) in [5.41, 5.74) is 4.82. The van der Waals surface area contributed by atoms with Crippen LogP contribution in [0.2, 0.25) is 5.02 Å². The third-order valence-corrected chi connectivity index (χ3v) is 2.45. The third kappa shape index (κ3) is 2.68. The molecule has 1 aromatic carbocycles. The first-order valence-electron chi connectivity index (χ1n) is 4.96. The summed E-state index contributed by atoms with van der Waals surface area (Å²) in [7, 11) is 0. The summed E-state index contributed by atoms with van der Waals surface area (Å²) in [5.74, 6) is -1.15. The zero-order chi connectivity index (χ0) is 14.0. The fraction of sp³-hybridized carbons (Fsp3) is 0. The molecule has 0 aliphatic heterocycles. The summed E-state index contributed by atoms with van der Waals surface area (Å²) >= 11 is 5.72. The molecule has 2 aromatic rings. The highest BCUT2D eigenvalue weighted by Gasteiger charge is 2.21. The number of hydrogen-bond acceptors (Lipinski definition) is 6. The van der Waals surface area contributed by atoms with Gasteiger partial charge in [-0.3, -0.25) is 10.1 Å². The van der Waals surface area contributed by atoms with Crippen molar-refractivity contribution >= 4 is 34.6 Å². The molecule has 0 fully saturated rings. The molecule has 2 rings (SSSR count). The quantitative estimate of drug-likeness (QED) is 0.662. The van der Waals surface area contributed by atoms with Crippen LogP contribution in [0.5, 0.6) is 0 Å². The van der Waals surface area contributed by atoms with Crippen molar-refractivity contribution in [1.82, 2.24) is 9.97 Å². The summed E-state index contributed by atoms with van der Waals surface area (Å²) in [4.78, 5) is 17.3. The standard InChI is InChI=1S/C10H7ClFN5O2/c11-5-1-2-6(12)7(3-5)16-10-8(17(18)19)9(13)14-4-15-10/h1-4H,(H3,13,14,15,16). The molecule has 7 nitrogen and oxygen atoms in total. The van der Waals surface area contributed by atoms with E-state index in [1.54, 1.807) is 0 Å². The summed E-state index contributed by atoms with van der Waals surface area (Å²) in [5, 5.41) is 13.6. The van der Waals surface area contributed by atoms with E-state index >= 15 is 0 Å². The van der Waals surface area contributed by atoms with Gasteiger partial charge in [-0.1, -0.05) is 11.6 Å². The smallest absolute Gasteiger partial charge is 0.353 e. The number of hydrogen-bond donors (Lipinski definition) is 2. The number of nitrogens with one attached hydrogen (secondary N) is 1. The molecule has 0 bridgehead atoms. The van der Waals surface area contributed by atoms with Crippen molar-refractivity contribution in [3.8, 4) is 0 Å². The largest absolute Gasteiger partial charge is 0.378 e. The Labute approximate surface area is 111 Å². The maximum absolute atomic E-state index is 13.5. The van der Waals surface area contributed by atoms with Crippen molar-refractivity contribution in [2.45, 2.75) is 0 Å². The lowest BCUT2D eigenvalue weighted by Crippen LogP contribution is -2.05. The number of nitrogen functional groups attached to an aromatic ring is 1.